The molecule has 2 aromatic carbocycles. The third kappa shape index (κ3) is 8.44. The lowest BCUT2D eigenvalue weighted by molar-refractivity contribution is -0.144. The minimum absolute atomic E-state index is 0.0912. The number of rotatable bonds is 20. The van der Waals surface area contributed by atoms with Gasteiger partial charge >= 0.3 is 11.9 Å². The van der Waals surface area contributed by atoms with E-state index in [1.54, 1.807) is 10.8 Å². The molecular weight excluding hydrogens is 729 g/mol. The minimum Gasteiger partial charge on any atom is -0.465 e. The number of nitrogens with zero attached hydrogens (tertiary/aromatic N) is 4. The van der Waals surface area contributed by atoms with Gasteiger partial charge in [0.05, 0.1) is 37.4 Å². The number of ether oxygens (including phenoxy) is 2. The Hall–Kier alpha value is -4.82. The van der Waals surface area contributed by atoms with E-state index < -0.39 is 35.6 Å². The van der Waals surface area contributed by atoms with Gasteiger partial charge in [0.15, 0.2) is 10.3 Å². The number of imide groups is 2. The molecular formula is C40H44N4O8S2. The first-order chi connectivity index (χ1) is 26.2. The quantitative estimate of drug-likeness (QED) is 0.0488. The first kappa shape index (κ1) is 38.9. The second-order valence-corrected chi connectivity index (χ2v) is 15.2. The Morgan fingerprint density at radius 2 is 0.870 bits per heavy atom. The summed E-state index contributed by atoms with van der Waals surface area (Å²) in [6.07, 6.45) is 12.7. The number of amides is 4. The smallest absolute Gasteiger partial charge is 0.311 e. The van der Waals surface area contributed by atoms with Crippen molar-refractivity contribution in [1.29, 1.82) is 0 Å². The molecule has 2 aliphatic heterocycles. The third-order valence-corrected chi connectivity index (χ3v) is 11.3. The van der Waals surface area contributed by atoms with Crippen molar-refractivity contribution < 1.29 is 38.2 Å². The predicted octanol–water partition coefficient (Wildman–Crippen LogP) is 8.25. The number of thiazole rings is 2. The SMILES string of the molecule is CCCCCCCCOC(=O)Cc1csc(N2C(=O)c3ccc4c5c(ccc(c35)C2=O)C(=O)N(c2nc(CC(=O)OCCCCCCCC)cs2)C4=O)n1. The molecule has 2 aliphatic rings. The van der Waals surface area contributed by atoms with Crippen molar-refractivity contribution in [2.24, 2.45) is 0 Å². The summed E-state index contributed by atoms with van der Waals surface area (Å²) in [5, 5.41) is 3.89. The van der Waals surface area contributed by atoms with Crippen LogP contribution in [0.25, 0.3) is 10.8 Å². The van der Waals surface area contributed by atoms with Gasteiger partial charge in [-0.05, 0) is 37.1 Å². The van der Waals surface area contributed by atoms with Crippen molar-refractivity contribution in [2.45, 2.75) is 104 Å². The fraction of sp³-hybridized carbons (Fsp3) is 0.450. The fourth-order valence-electron chi connectivity index (χ4n) is 6.72. The molecule has 0 spiro atoms. The number of carbonyl (C=O) groups excluding carboxylic acids is 6. The summed E-state index contributed by atoms with van der Waals surface area (Å²) in [5.41, 5.74) is 1.34. The van der Waals surface area contributed by atoms with Crippen LogP contribution in [0.1, 0.15) is 144 Å². The van der Waals surface area contributed by atoms with E-state index in [1.165, 1.54) is 62.8 Å². The summed E-state index contributed by atoms with van der Waals surface area (Å²) in [7, 11) is 0. The van der Waals surface area contributed by atoms with Crippen molar-refractivity contribution in [3.05, 3.63) is 68.7 Å². The van der Waals surface area contributed by atoms with Crippen LogP contribution in [-0.2, 0) is 31.9 Å². The zero-order valence-electron chi connectivity index (χ0n) is 30.6. The maximum absolute atomic E-state index is 13.9. The number of hydrogen-bond acceptors (Lipinski definition) is 12. The van der Waals surface area contributed by atoms with E-state index in [0.717, 1.165) is 71.0 Å². The first-order valence-corrected chi connectivity index (χ1v) is 20.6. The Bertz CT molecular complexity index is 1860. The molecule has 4 heterocycles. The van der Waals surface area contributed by atoms with Crippen LogP contribution < -0.4 is 9.80 Å². The van der Waals surface area contributed by atoms with Gasteiger partial charge in [-0.3, -0.25) is 28.8 Å². The highest BCUT2D eigenvalue weighted by atomic mass is 32.1. The number of aromatic nitrogens is 2. The van der Waals surface area contributed by atoms with E-state index in [0.29, 0.717) is 24.6 Å². The molecule has 4 aromatic rings. The number of hydrogen-bond donors (Lipinski definition) is 0. The topological polar surface area (TPSA) is 153 Å². The Balaban J connectivity index is 1.12. The van der Waals surface area contributed by atoms with Crippen LogP contribution in [0.2, 0.25) is 0 Å². The first-order valence-electron chi connectivity index (χ1n) is 18.8. The molecule has 6 rings (SSSR count). The van der Waals surface area contributed by atoms with Crippen molar-refractivity contribution in [3.8, 4) is 0 Å². The summed E-state index contributed by atoms with van der Waals surface area (Å²) >= 11 is 2.12. The summed E-state index contributed by atoms with van der Waals surface area (Å²) in [4.78, 5) is 91.2. The molecule has 0 saturated heterocycles. The maximum atomic E-state index is 13.9. The van der Waals surface area contributed by atoms with E-state index >= 15 is 0 Å². The number of anilines is 2. The second kappa shape index (κ2) is 18.0. The van der Waals surface area contributed by atoms with Crippen LogP contribution in [0.3, 0.4) is 0 Å². The number of unbranched alkanes of at least 4 members (excludes halogenated alkanes) is 10. The Morgan fingerprint density at radius 1 is 0.537 bits per heavy atom. The summed E-state index contributed by atoms with van der Waals surface area (Å²) < 4.78 is 10.7. The lowest BCUT2D eigenvalue weighted by Gasteiger charge is -2.30. The van der Waals surface area contributed by atoms with Gasteiger partial charge in [-0.15, -0.1) is 22.7 Å². The molecule has 0 atom stereocenters. The molecule has 12 nitrogen and oxygen atoms in total. The van der Waals surface area contributed by atoms with Crippen molar-refractivity contribution in [1.82, 2.24) is 9.97 Å². The number of esters is 2. The molecule has 284 valence electrons. The van der Waals surface area contributed by atoms with E-state index in [2.05, 4.69) is 23.8 Å². The van der Waals surface area contributed by atoms with Crippen LogP contribution in [0.15, 0.2) is 35.0 Å². The zero-order valence-corrected chi connectivity index (χ0v) is 32.3. The van der Waals surface area contributed by atoms with Gasteiger partial charge in [0.25, 0.3) is 23.6 Å². The van der Waals surface area contributed by atoms with Crippen LogP contribution in [-0.4, -0.2) is 58.7 Å². The molecule has 0 N–H and O–H groups in total. The van der Waals surface area contributed by atoms with E-state index in [4.69, 9.17) is 9.47 Å². The van der Waals surface area contributed by atoms with Crippen molar-refractivity contribution >= 4 is 79.3 Å². The molecule has 0 radical (unpaired) electrons. The van der Waals surface area contributed by atoms with Gasteiger partial charge in [-0.2, -0.15) is 0 Å². The average molecular weight is 773 g/mol. The van der Waals surface area contributed by atoms with Gasteiger partial charge in [-0.25, -0.2) is 19.8 Å². The van der Waals surface area contributed by atoms with Gasteiger partial charge in [0.2, 0.25) is 0 Å². The zero-order chi connectivity index (χ0) is 38.2. The van der Waals surface area contributed by atoms with Crippen molar-refractivity contribution in [3.63, 3.8) is 0 Å². The van der Waals surface area contributed by atoms with Gasteiger partial charge in [-0.1, -0.05) is 78.1 Å². The normalized spacial score (nSPS) is 13.7. The second-order valence-electron chi connectivity index (χ2n) is 13.5. The average Bonchev–Trinajstić information content (AvgIpc) is 3.81. The number of carbonyl (C=O) groups is 6. The van der Waals surface area contributed by atoms with Crippen molar-refractivity contribution in [2.75, 3.05) is 23.0 Å². The Kier molecular flexibility index (Phi) is 13.0. The van der Waals surface area contributed by atoms with Gasteiger partial charge in [0.1, 0.15) is 0 Å². The Morgan fingerprint density at radius 3 is 1.22 bits per heavy atom. The predicted molar refractivity (Wildman–Crippen MR) is 207 cm³/mol. The molecule has 54 heavy (non-hydrogen) atoms. The maximum Gasteiger partial charge on any atom is 0.311 e. The van der Waals surface area contributed by atoms with E-state index in [9.17, 15) is 28.8 Å². The lowest BCUT2D eigenvalue weighted by atomic mass is 9.86. The van der Waals surface area contributed by atoms with E-state index in [1.807, 2.05) is 0 Å². The molecule has 0 unspecified atom stereocenters. The van der Waals surface area contributed by atoms with Crippen LogP contribution in [0, 0.1) is 0 Å². The molecule has 14 heteroatoms. The van der Waals surface area contributed by atoms with Crippen LogP contribution in [0.4, 0.5) is 10.3 Å². The highest BCUT2D eigenvalue weighted by Crippen LogP contribution is 2.41. The third-order valence-electron chi connectivity index (χ3n) is 9.53. The molecule has 2 aromatic heterocycles. The molecule has 0 saturated carbocycles. The lowest BCUT2D eigenvalue weighted by Crippen LogP contribution is -2.43. The fourth-order valence-corrected chi connectivity index (χ4v) is 8.35. The molecule has 4 amide bonds. The van der Waals surface area contributed by atoms with Crippen LogP contribution in [0.5, 0.6) is 0 Å². The number of benzene rings is 2. The van der Waals surface area contributed by atoms with Crippen LogP contribution >= 0.6 is 22.7 Å². The standard InChI is InChI=1S/C40H44N4O8S2/c1-3-5-7-9-11-13-19-51-31(45)21-25-23-53-39(41-25)43-35(47)27-15-17-29-34-30(18-16-28(33(27)34)36(43)48)38(50)44(37(29)49)40-42-26(24-54-40)22-32(46)52-20-14-12-10-8-6-4-2/h15-18,23-24H,3-14,19-22H2,1-2H3. The largest absolute Gasteiger partial charge is 0.465 e. The minimum atomic E-state index is -0.655. The van der Waals surface area contributed by atoms with Gasteiger partial charge in [0, 0.05) is 43.8 Å². The summed E-state index contributed by atoms with van der Waals surface area (Å²) in [6, 6.07) is 5.89. The highest BCUT2D eigenvalue weighted by Gasteiger charge is 2.42. The highest BCUT2D eigenvalue weighted by molar-refractivity contribution is 7.14. The van der Waals surface area contributed by atoms with Gasteiger partial charge < -0.3 is 9.47 Å². The molecule has 0 fully saturated rings. The Labute approximate surface area is 321 Å². The summed E-state index contributed by atoms with van der Waals surface area (Å²) in [5.74, 6) is -3.48. The van der Waals surface area contributed by atoms with E-state index in [-0.39, 0.29) is 56.1 Å². The monoisotopic (exact) mass is 772 g/mol. The molecule has 0 bridgehead atoms. The molecule has 0 aliphatic carbocycles. The summed E-state index contributed by atoms with van der Waals surface area (Å²) in [6.45, 7) is 4.99.